The number of nitrogens with zero attached hydrogens (tertiary/aromatic N) is 1. The Morgan fingerprint density at radius 2 is 2.00 bits per heavy atom. The lowest BCUT2D eigenvalue weighted by Crippen LogP contribution is -2.39. The van der Waals surface area contributed by atoms with Crippen molar-refractivity contribution in [3.05, 3.63) is 29.6 Å². The van der Waals surface area contributed by atoms with E-state index in [0.717, 1.165) is 10.4 Å². The molecular weight excluding hydrogens is 312 g/mol. The molecule has 0 saturated carbocycles. The topological polar surface area (TPSA) is 63.4 Å². The fraction of sp³-hybridized carbons (Fsp3) is 0.500. The van der Waals surface area contributed by atoms with Gasteiger partial charge in [0.1, 0.15) is 5.82 Å². The second-order valence-corrected chi connectivity index (χ2v) is 6.68. The lowest BCUT2D eigenvalue weighted by atomic mass is 10.2. The molecule has 1 heterocycles. The van der Waals surface area contributed by atoms with E-state index < -0.39 is 38.5 Å². The van der Waals surface area contributed by atoms with Crippen molar-refractivity contribution in [2.45, 2.75) is 30.0 Å². The number of sulfonamides is 1. The molecule has 118 valence electrons. The Morgan fingerprint density at radius 1 is 1.33 bits per heavy atom. The van der Waals surface area contributed by atoms with Gasteiger partial charge in [-0.25, -0.2) is 12.8 Å². The first kappa shape index (κ1) is 16.2. The summed E-state index contributed by atoms with van der Waals surface area (Å²) in [6.45, 7) is 0.287. The summed E-state index contributed by atoms with van der Waals surface area (Å²) >= 11 is 0. The van der Waals surface area contributed by atoms with Crippen molar-refractivity contribution in [1.82, 2.24) is 4.31 Å². The molecule has 1 aliphatic heterocycles. The smallest absolute Gasteiger partial charge is 0.329 e. The van der Waals surface area contributed by atoms with Gasteiger partial charge in [-0.15, -0.1) is 0 Å². The maximum atomic E-state index is 13.2. The van der Waals surface area contributed by atoms with E-state index in [-0.39, 0.29) is 13.1 Å². The summed E-state index contributed by atoms with van der Waals surface area (Å²) in [5, 5.41) is 0. The molecule has 4 nitrogen and oxygen atoms in total. The lowest BCUT2D eigenvalue weighted by Gasteiger charge is -2.23. The van der Waals surface area contributed by atoms with Crippen molar-refractivity contribution < 1.29 is 26.0 Å². The maximum Gasteiger partial charge on any atom is 0.419 e. The highest BCUT2D eigenvalue weighted by atomic mass is 32.2. The van der Waals surface area contributed by atoms with Crippen molar-refractivity contribution >= 4 is 10.0 Å². The molecule has 21 heavy (non-hydrogen) atoms. The molecule has 2 rings (SSSR count). The Morgan fingerprint density at radius 3 is 2.57 bits per heavy atom. The van der Waals surface area contributed by atoms with Crippen LogP contribution in [0.15, 0.2) is 23.1 Å². The Kier molecular flexibility index (Phi) is 4.27. The van der Waals surface area contributed by atoms with Gasteiger partial charge in [-0.2, -0.15) is 17.5 Å². The zero-order valence-corrected chi connectivity index (χ0v) is 11.7. The van der Waals surface area contributed by atoms with Gasteiger partial charge in [0.15, 0.2) is 0 Å². The maximum absolute atomic E-state index is 13.2. The first-order valence-electron chi connectivity index (χ1n) is 6.26. The van der Waals surface area contributed by atoms with Gasteiger partial charge in [-0.05, 0) is 31.0 Å². The van der Waals surface area contributed by atoms with Crippen molar-refractivity contribution in [2.24, 2.45) is 5.73 Å². The van der Waals surface area contributed by atoms with E-state index in [1.54, 1.807) is 0 Å². The third kappa shape index (κ3) is 3.04. The third-order valence-electron chi connectivity index (χ3n) is 3.45. The monoisotopic (exact) mass is 326 g/mol. The predicted molar refractivity (Wildman–Crippen MR) is 67.4 cm³/mol. The molecule has 0 amide bonds. The van der Waals surface area contributed by atoms with E-state index in [0.29, 0.717) is 25.0 Å². The number of nitrogens with two attached hydrogens (primary N) is 1. The molecule has 1 aromatic rings. The van der Waals surface area contributed by atoms with Crippen LogP contribution in [-0.2, 0) is 16.2 Å². The predicted octanol–water partition coefficient (Wildman–Crippen LogP) is 1.96. The van der Waals surface area contributed by atoms with Crippen molar-refractivity contribution in [1.29, 1.82) is 0 Å². The summed E-state index contributed by atoms with van der Waals surface area (Å²) in [5.74, 6) is -1.50. The molecule has 2 N–H and O–H groups in total. The second-order valence-electron chi connectivity index (χ2n) is 4.79. The number of rotatable bonds is 3. The zero-order valence-electron chi connectivity index (χ0n) is 10.9. The highest BCUT2D eigenvalue weighted by molar-refractivity contribution is 7.89. The fourth-order valence-electron chi connectivity index (χ4n) is 2.38. The van der Waals surface area contributed by atoms with Crippen molar-refractivity contribution in [3.63, 3.8) is 0 Å². The summed E-state index contributed by atoms with van der Waals surface area (Å²) in [6, 6.07) is 1.25. The van der Waals surface area contributed by atoms with Crippen LogP contribution in [0.25, 0.3) is 0 Å². The molecule has 9 heteroatoms. The number of alkyl halides is 3. The van der Waals surface area contributed by atoms with Gasteiger partial charge >= 0.3 is 6.18 Å². The summed E-state index contributed by atoms with van der Waals surface area (Å²) < 4.78 is 77.1. The molecule has 0 aromatic heterocycles. The standard InChI is InChI=1S/C12H14F4N2O2S/c13-11-4-3-9(6-10(11)12(14,15)16)21(19,20)18-5-1-2-8(18)7-17/h3-4,6,8H,1-2,5,7,17H2. The highest BCUT2D eigenvalue weighted by Gasteiger charge is 2.38. The van der Waals surface area contributed by atoms with Crippen LogP contribution in [0.1, 0.15) is 18.4 Å². The molecule has 1 fully saturated rings. The molecular formula is C12H14F4N2O2S. The van der Waals surface area contributed by atoms with E-state index in [2.05, 4.69) is 0 Å². The minimum Gasteiger partial charge on any atom is -0.329 e. The molecule has 0 bridgehead atoms. The average Bonchev–Trinajstić information content (AvgIpc) is 2.86. The molecule has 1 atom stereocenters. The first-order valence-corrected chi connectivity index (χ1v) is 7.70. The Bertz CT molecular complexity index is 631. The number of benzene rings is 1. The Labute approximate surface area is 119 Å². The van der Waals surface area contributed by atoms with Gasteiger partial charge in [0.05, 0.1) is 10.5 Å². The van der Waals surface area contributed by atoms with E-state index in [4.69, 9.17) is 5.73 Å². The van der Waals surface area contributed by atoms with Gasteiger partial charge in [0.25, 0.3) is 0 Å². The van der Waals surface area contributed by atoms with Gasteiger partial charge < -0.3 is 5.73 Å². The molecule has 1 aliphatic rings. The second kappa shape index (κ2) is 5.54. The van der Waals surface area contributed by atoms with Gasteiger partial charge in [0, 0.05) is 19.1 Å². The molecule has 1 unspecified atom stereocenters. The minimum absolute atomic E-state index is 0.0898. The summed E-state index contributed by atoms with van der Waals surface area (Å²) in [7, 11) is -4.11. The third-order valence-corrected chi connectivity index (χ3v) is 5.39. The highest BCUT2D eigenvalue weighted by Crippen LogP contribution is 2.34. The summed E-state index contributed by atoms with van der Waals surface area (Å²) in [6.07, 6.45) is -3.80. The quantitative estimate of drug-likeness (QED) is 0.864. The van der Waals surface area contributed by atoms with Crippen LogP contribution < -0.4 is 5.73 Å². The van der Waals surface area contributed by atoms with Crippen LogP contribution in [0.5, 0.6) is 0 Å². The van der Waals surface area contributed by atoms with Crippen LogP contribution in [0, 0.1) is 5.82 Å². The number of halogens is 4. The van der Waals surface area contributed by atoms with Crippen molar-refractivity contribution in [2.75, 3.05) is 13.1 Å². The van der Waals surface area contributed by atoms with Gasteiger partial charge in [0.2, 0.25) is 10.0 Å². The molecule has 0 aliphatic carbocycles. The normalized spacial score (nSPS) is 20.9. The van der Waals surface area contributed by atoms with Crippen LogP contribution >= 0.6 is 0 Å². The number of hydrogen-bond donors (Lipinski definition) is 1. The molecule has 1 aromatic carbocycles. The van der Waals surface area contributed by atoms with Gasteiger partial charge in [-0.3, -0.25) is 0 Å². The molecule has 1 saturated heterocycles. The van der Waals surface area contributed by atoms with Crippen LogP contribution in [0.2, 0.25) is 0 Å². The van der Waals surface area contributed by atoms with E-state index in [1.165, 1.54) is 0 Å². The number of hydrogen-bond acceptors (Lipinski definition) is 3. The van der Waals surface area contributed by atoms with E-state index >= 15 is 0 Å². The lowest BCUT2D eigenvalue weighted by molar-refractivity contribution is -0.140. The molecule has 0 spiro atoms. The summed E-state index contributed by atoms with van der Waals surface area (Å²) in [5.41, 5.74) is 3.89. The molecule has 0 radical (unpaired) electrons. The van der Waals surface area contributed by atoms with Crippen LogP contribution in [0.3, 0.4) is 0 Å². The zero-order chi connectivity index (χ0) is 15.8. The largest absolute Gasteiger partial charge is 0.419 e. The van der Waals surface area contributed by atoms with Crippen molar-refractivity contribution in [3.8, 4) is 0 Å². The van der Waals surface area contributed by atoms with Gasteiger partial charge in [-0.1, -0.05) is 0 Å². The van der Waals surface area contributed by atoms with E-state index in [1.807, 2.05) is 0 Å². The van der Waals surface area contributed by atoms with E-state index in [9.17, 15) is 26.0 Å². The minimum atomic E-state index is -4.95. The van der Waals surface area contributed by atoms with Crippen LogP contribution in [-0.4, -0.2) is 31.9 Å². The fourth-order valence-corrected chi connectivity index (χ4v) is 4.11. The Hall–Kier alpha value is -1.19. The Balaban J connectivity index is 2.46. The first-order chi connectivity index (χ1) is 9.67. The summed E-state index contributed by atoms with van der Waals surface area (Å²) in [4.78, 5) is -0.573. The SMILES string of the molecule is NCC1CCCN1S(=O)(=O)c1ccc(F)c(C(F)(F)F)c1. The average molecular weight is 326 g/mol. The van der Waals surface area contributed by atoms with Crippen LogP contribution in [0.4, 0.5) is 17.6 Å².